The van der Waals surface area contributed by atoms with Crippen LogP contribution in [-0.4, -0.2) is 17.7 Å². The van der Waals surface area contributed by atoms with Gasteiger partial charge < -0.3 is 10.6 Å². The van der Waals surface area contributed by atoms with Crippen LogP contribution >= 0.6 is 34.8 Å². The van der Waals surface area contributed by atoms with E-state index in [-0.39, 0.29) is 38.4 Å². The van der Waals surface area contributed by atoms with E-state index in [9.17, 15) is 27.6 Å². The average molecular weight is 569 g/mol. The van der Waals surface area contributed by atoms with E-state index in [1.54, 1.807) is 19.1 Å². The second-order valence-electron chi connectivity index (χ2n) is 7.92. The summed E-state index contributed by atoms with van der Waals surface area (Å²) in [6.45, 7) is 1.70. The Kier molecular flexibility index (Phi) is 7.23. The Hall–Kier alpha value is -3.53. The minimum Gasteiger partial charge on any atom is -0.350 e. The SMILES string of the molecule is Cc1ccc(Cl)cc1N1C(=O)C(Cl)=C(Nc2cccc(C(=O)Nc3cc(C(F)(F)F)ccc3Cl)c2)C1=O. The molecule has 3 amide bonds. The Balaban J connectivity index is 1.57. The Morgan fingerprint density at radius 1 is 0.919 bits per heavy atom. The third-order valence-electron chi connectivity index (χ3n) is 5.38. The van der Waals surface area contributed by atoms with Gasteiger partial charge in [0, 0.05) is 16.3 Å². The number of hydrogen-bond acceptors (Lipinski definition) is 4. The third-order valence-corrected chi connectivity index (χ3v) is 6.29. The summed E-state index contributed by atoms with van der Waals surface area (Å²) in [5.41, 5.74) is -0.282. The van der Waals surface area contributed by atoms with Gasteiger partial charge in [-0.25, -0.2) is 4.90 Å². The first-order valence-corrected chi connectivity index (χ1v) is 11.6. The molecule has 0 saturated heterocycles. The fourth-order valence-electron chi connectivity index (χ4n) is 3.53. The molecule has 0 radical (unpaired) electrons. The van der Waals surface area contributed by atoms with Crippen molar-refractivity contribution in [1.29, 1.82) is 0 Å². The minimum atomic E-state index is -4.62. The summed E-state index contributed by atoms with van der Waals surface area (Å²) < 4.78 is 39.1. The highest BCUT2D eigenvalue weighted by Crippen LogP contribution is 2.35. The maximum atomic E-state index is 13.1. The quantitative estimate of drug-likeness (QED) is 0.325. The normalized spacial score (nSPS) is 13.9. The van der Waals surface area contributed by atoms with Crippen molar-refractivity contribution in [2.24, 2.45) is 0 Å². The highest BCUT2D eigenvalue weighted by molar-refractivity contribution is 6.53. The lowest BCUT2D eigenvalue weighted by Gasteiger charge is -2.18. The van der Waals surface area contributed by atoms with Gasteiger partial charge >= 0.3 is 6.18 Å². The first-order valence-electron chi connectivity index (χ1n) is 10.5. The molecule has 2 N–H and O–H groups in total. The van der Waals surface area contributed by atoms with Crippen molar-refractivity contribution in [3.05, 3.63) is 98.1 Å². The van der Waals surface area contributed by atoms with Crippen molar-refractivity contribution < 1.29 is 27.6 Å². The predicted octanol–water partition coefficient (Wildman–Crippen LogP) is 7.01. The summed E-state index contributed by atoms with van der Waals surface area (Å²) in [5.74, 6) is -2.24. The monoisotopic (exact) mass is 567 g/mol. The zero-order valence-corrected chi connectivity index (χ0v) is 21.0. The lowest BCUT2D eigenvalue weighted by atomic mass is 10.1. The van der Waals surface area contributed by atoms with Crippen molar-refractivity contribution in [2.45, 2.75) is 13.1 Å². The zero-order chi connectivity index (χ0) is 27.1. The van der Waals surface area contributed by atoms with Crippen LogP contribution < -0.4 is 15.5 Å². The Morgan fingerprint density at radius 2 is 1.65 bits per heavy atom. The number of carbonyl (C=O) groups excluding carboxylic acids is 3. The topological polar surface area (TPSA) is 78.5 Å². The summed E-state index contributed by atoms with van der Waals surface area (Å²) in [6, 6.07) is 13.0. The molecule has 3 aromatic rings. The van der Waals surface area contributed by atoms with Gasteiger partial charge in [-0.05, 0) is 61.0 Å². The van der Waals surface area contributed by atoms with Crippen LogP contribution in [0.5, 0.6) is 0 Å². The van der Waals surface area contributed by atoms with Crippen LogP contribution in [0.3, 0.4) is 0 Å². The fraction of sp³-hybridized carbons (Fsp3) is 0.0800. The summed E-state index contributed by atoms with van der Waals surface area (Å²) in [7, 11) is 0. The molecule has 190 valence electrons. The molecule has 1 heterocycles. The second-order valence-corrected chi connectivity index (χ2v) is 9.14. The van der Waals surface area contributed by atoms with Gasteiger partial charge in [-0.2, -0.15) is 13.2 Å². The number of alkyl halides is 3. The summed E-state index contributed by atoms with van der Waals surface area (Å²) >= 11 is 18.2. The van der Waals surface area contributed by atoms with Crippen molar-refractivity contribution >= 4 is 69.6 Å². The molecule has 0 aliphatic carbocycles. The molecule has 1 aliphatic heterocycles. The molecule has 0 saturated carbocycles. The van der Waals surface area contributed by atoms with Crippen LogP contribution in [0.25, 0.3) is 0 Å². The molecule has 1 aliphatic rings. The summed E-state index contributed by atoms with van der Waals surface area (Å²) in [5, 5.41) is 4.97. The molecule has 0 aromatic heterocycles. The Morgan fingerprint density at radius 3 is 2.35 bits per heavy atom. The molecule has 37 heavy (non-hydrogen) atoms. The molecule has 0 bridgehead atoms. The van der Waals surface area contributed by atoms with E-state index in [0.717, 1.165) is 23.1 Å². The van der Waals surface area contributed by atoms with Gasteiger partial charge in [0.1, 0.15) is 10.7 Å². The van der Waals surface area contributed by atoms with Gasteiger partial charge in [0.2, 0.25) is 0 Å². The predicted molar refractivity (Wildman–Crippen MR) is 136 cm³/mol. The maximum absolute atomic E-state index is 13.1. The number of halogens is 6. The molecule has 6 nitrogen and oxygen atoms in total. The summed E-state index contributed by atoms with van der Waals surface area (Å²) in [4.78, 5) is 39.5. The molecule has 0 fully saturated rings. The van der Waals surface area contributed by atoms with Crippen LogP contribution in [0.1, 0.15) is 21.5 Å². The highest BCUT2D eigenvalue weighted by atomic mass is 35.5. The molecule has 0 unspecified atom stereocenters. The van der Waals surface area contributed by atoms with E-state index >= 15 is 0 Å². The average Bonchev–Trinajstić information content (AvgIpc) is 3.04. The van der Waals surface area contributed by atoms with E-state index < -0.39 is 29.5 Å². The third kappa shape index (κ3) is 5.44. The van der Waals surface area contributed by atoms with E-state index in [0.29, 0.717) is 10.6 Å². The van der Waals surface area contributed by atoms with Crippen LogP contribution in [-0.2, 0) is 15.8 Å². The molecule has 0 spiro atoms. The number of rotatable bonds is 5. The molecule has 4 rings (SSSR count). The number of amides is 3. The van der Waals surface area contributed by atoms with Crippen LogP contribution in [0.15, 0.2) is 71.4 Å². The lowest BCUT2D eigenvalue weighted by Crippen LogP contribution is -2.32. The largest absolute Gasteiger partial charge is 0.416 e. The number of aryl methyl sites for hydroxylation is 1. The van der Waals surface area contributed by atoms with Gasteiger partial charge in [-0.1, -0.05) is 46.9 Å². The van der Waals surface area contributed by atoms with Crippen molar-refractivity contribution in [3.8, 4) is 0 Å². The fourth-order valence-corrected chi connectivity index (χ4v) is 4.07. The number of imide groups is 1. The molecule has 12 heteroatoms. The van der Waals surface area contributed by atoms with Crippen molar-refractivity contribution in [2.75, 3.05) is 15.5 Å². The lowest BCUT2D eigenvalue weighted by molar-refractivity contribution is -0.137. The number of nitrogens with zero attached hydrogens (tertiary/aromatic N) is 1. The molecular weight excluding hydrogens is 554 g/mol. The number of benzene rings is 3. The van der Waals surface area contributed by atoms with Crippen molar-refractivity contribution in [3.63, 3.8) is 0 Å². The molecule has 3 aromatic carbocycles. The highest BCUT2D eigenvalue weighted by Gasteiger charge is 2.39. The van der Waals surface area contributed by atoms with Gasteiger partial charge in [0.25, 0.3) is 17.7 Å². The van der Waals surface area contributed by atoms with Crippen molar-refractivity contribution in [1.82, 2.24) is 0 Å². The molecular formula is C25H15Cl3F3N3O3. The number of anilines is 3. The van der Waals surface area contributed by atoms with Gasteiger partial charge in [0.15, 0.2) is 0 Å². The van der Waals surface area contributed by atoms with E-state index in [2.05, 4.69) is 10.6 Å². The van der Waals surface area contributed by atoms with E-state index in [1.165, 1.54) is 30.3 Å². The number of nitrogens with one attached hydrogen (secondary N) is 2. The second kappa shape index (κ2) is 10.1. The number of carbonyl (C=O) groups is 3. The number of hydrogen-bond donors (Lipinski definition) is 2. The van der Waals surface area contributed by atoms with Crippen LogP contribution in [0, 0.1) is 6.92 Å². The van der Waals surface area contributed by atoms with Gasteiger partial charge in [-0.15, -0.1) is 0 Å². The standard InChI is InChI=1S/C25H15Cl3F3N3O3/c1-12-5-7-15(26)11-19(12)34-23(36)20(28)21(24(34)37)32-16-4-2-3-13(9-16)22(35)33-18-10-14(25(29,30)31)6-8-17(18)27/h2-11,32H,1H3,(H,33,35). The molecule has 0 atom stereocenters. The Labute approximate surface area is 223 Å². The smallest absolute Gasteiger partial charge is 0.350 e. The first-order chi connectivity index (χ1) is 17.4. The van der Waals surface area contributed by atoms with Gasteiger partial charge in [0.05, 0.1) is 22.0 Å². The van der Waals surface area contributed by atoms with Crippen LogP contribution in [0.4, 0.5) is 30.2 Å². The van der Waals surface area contributed by atoms with E-state index in [4.69, 9.17) is 34.8 Å². The van der Waals surface area contributed by atoms with Crippen LogP contribution in [0.2, 0.25) is 10.0 Å². The van der Waals surface area contributed by atoms with Gasteiger partial charge in [-0.3, -0.25) is 14.4 Å². The zero-order valence-electron chi connectivity index (χ0n) is 18.7. The minimum absolute atomic E-state index is 0.0366. The first kappa shape index (κ1) is 26.5. The Bertz CT molecular complexity index is 1490. The summed E-state index contributed by atoms with van der Waals surface area (Å²) in [6.07, 6.45) is -4.62. The van der Waals surface area contributed by atoms with E-state index in [1.807, 2.05) is 0 Å². The maximum Gasteiger partial charge on any atom is 0.416 e.